The molecule has 0 unspecified atom stereocenters. The molecule has 0 bridgehead atoms. The zero-order chi connectivity index (χ0) is 13.0. The monoisotopic (exact) mass is 357 g/mol. The lowest BCUT2D eigenvalue weighted by molar-refractivity contribution is 0.102. The molecule has 1 aromatic carbocycles. The summed E-state index contributed by atoms with van der Waals surface area (Å²) in [4.78, 5) is 11.9. The lowest BCUT2D eigenvalue weighted by atomic mass is 10.3. The number of aromatic amines is 1. The van der Waals surface area contributed by atoms with Gasteiger partial charge in [-0.25, -0.2) is 0 Å². The normalized spacial score (nSPS) is 10.1. The van der Waals surface area contributed by atoms with Gasteiger partial charge in [0, 0.05) is 5.69 Å². The molecule has 0 aliphatic heterocycles. The molecule has 94 valence electrons. The fourth-order valence-electron chi connectivity index (χ4n) is 1.43. The fraction of sp³-hybridized carbons (Fsp3) is 0.167. The number of ether oxygens (including phenoxy) is 1. The van der Waals surface area contributed by atoms with E-state index < -0.39 is 0 Å². The lowest BCUT2D eigenvalue weighted by Gasteiger charge is -2.06. The Labute approximate surface area is 118 Å². The number of nitrogens with zero attached hydrogens (tertiary/aromatic N) is 1. The van der Waals surface area contributed by atoms with E-state index in [9.17, 15) is 4.79 Å². The predicted octanol–water partition coefficient (Wildman–Crippen LogP) is 2.67. The molecule has 18 heavy (non-hydrogen) atoms. The molecular weight excluding hydrogens is 345 g/mol. The van der Waals surface area contributed by atoms with Gasteiger partial charge in [-0.1, -0.05) is 0 Å². The van der Waals surface area contributed by atoms with Gasteiger partial charge < -0.3 is 10.1 Å². The van der Waals surface area contributed by atoms with Crippen LogP contribution in [0.3, 0.4) is 0 Å². The highest BCUT2D eigenvalue weighted by molar-refractivity contribution is 14.1. The van der Waals surface area contributed by atoms with Gasteiger partial charge >= 0.3 is 0 Å². The Balaban J connectivity index is 2.05. The number of benzene rings is 1. The van der Waals surface area contributed by atoms with Crippen LogP contribution in [0.25, 0.3) is 0 Å². The lowest BCUT2D eigenvalue weighted by Crippen LogP contribution is -2.13. The molecule has 0 saturated carbocycles. The number of rotatable bonds is 4. The summed E-state index contributed by atoms with van der Waals surface area (Å²) in [5.41, 5.74) is 1.18. The van der Waals surface area contributed by atoms with Crippen molar-refractivity contribution in [3.8, 4) is 5.75 Å². The molecule has 5 nitrogen and oxygen atoms in total. The number of halogens is 1. The Morgan fingerprint density at radius 3 is 2.72 bits per heavy atom. The molecule has 2 N–H and O–H groups in total. The largest absolute Gasteiger partial charge is 0.494 e. The van der Waals surface area contributed by atoms with Gasteiger partial charge in [-0.15, -0.1) is 0 Å². The summed E-state index contributed by atoms with van der Waals surface area (Å²) >= 11 is 2.06. The minimum Gasteiger partial charge on any atom is -0.494 e. The van der Waals surface area contributed by atoms with Crippen molar-refractivity contribution in [2.45, 2.75) is 6.92 Å². The van der Waals surface area contributed by atoms with Crippen molar-refractivity contribution in [1.29, 1.82) is 0 Å². The van der Waals surface area contributed by atoms with E-state index in [1.807, 2.05) is 19.1 Å². The quantitative estimate of drug-likeness (QED) is 0.827. The van der Waals surface area contributed by atoms with Crippen LogP contribution in [0.4, 0.5) is 5.69 Å². The summed E-state index contributed by atoms with van der Waals surface area (Å²) in [7, 11) is 0. The maximum atomic E-state index is 11.9. The minimum absolute atomic E-state index is 0.207. The summed E-state index contributed by atoms with van der Waals surface area (Å²) in [6.45, 7) is 2.55. The Morgan fingerprint density at radius 1 is 1.44 bits per heavy atom. The van der Waals surface area contributed by atoms with Gasteiger partial charge in [0.15, 0.2) is 0 Å². The average Bonchev–Trinajstić information content (AvgIpc) is 2.78. The zero-order valence-electron chi connectivity index (χ0n) is 9.74. The number of hydrogen-bond donors (Lipinski definition) is 2. The maximum absolute atomic E-state index is 11.9. The van der Waals surface area contributed by atoms with Crippen LogP contribution < -0.4 is 10.1 Å². The van der Waals surface area contributed by atoms with Crippen molar-refractivity contribution < 1.29 is 9.53 Å². The van der Waals surface area contributed by atoms with E-state index >= 15 is 0 Å². The summed E-state index contributed by atoms with van der Waals surface area (Å²) in [6, 6.07) is 7.23. The highest BCUT2D eigenvalue weighted by atomic mass is 127. The second kappa shape index (κ2) is 5.85. The molecule has 0 aliphatic carbocycles. The fourth-order valence-corrected chi connectivity index (χ4v) is 1.93. The molecule has 0 radical (unpaired) electrons. The van der Waals surface area contributed by atoms with Crippen molar-refractivity contribution in [3.63, 3.8) is 0 Å². The Morgan fingerprint density at radius 2 is 2.17 bits per heavy atom. The number of H-pyrrole nitrogens is 1. The van der Waals surface area contributed by atoms with Crippen molar-refractivity contribution in [2.75, 3.05) is 11.9 Å². The molecule has 0 saturated heterocycles. The van der Waals surface area contributed by atoms with Crippen molar-refractivity contribution in [2.24, 2.45) is 0 Å². The van der Waals surface area contributed by atoms with Crippen LogP contribution in [0.1, 0.15) is 17.4 Å². The molecule has 0 aliphatic rings. The van der Waals surface area contributed by atoms with Gasteiger partial charge in [0.2, 0.25) is 0 Å². The molecule has 6 heteroatoms. The van der Waals surface area contributed by atoms with E-state index in [1.54, 1.807) is 18.3 Å². The predicted molar refractivity (Wildman–Crippen MR) is 76.9 cm³/mol. The van der Waals surface area contributed by atoms with Gasteiger partial charge in [-0.2, -0.15) is 5.10 Å². The van der Waals surface area contributed by atoms with Crippen LogP contribution in [-0.2, 0) is 0 Å². The third-order valence-corrected chi connectivity index (χ3v) is 3.06. The number of carbonyl (C=O) groups excluding carboxylic acids is 1. The molecular formula is C12H12IN3O2. The molecule has 2 rings (SSSR count). The molecule has 1 amide bonds. The van der Waals surface area contributed by atoms with Crippen molar-refractivity contribution in [1.82, 2.24) is 10.2 Å². The summed E-state index contributed by atoms with van der Waals surface area (Å²) < 4.78 is 6.12. The van der Waals surface area contributed by atoms with Gasteiger partial charge in [-0.05, 0) is 53.8 Å². The summed E-state index contributed by atoms with van der Waals surface area (Å²) in [5.74, 6) is 0.577. The number of anilines is 1. The van der Waals surface area contributed by atoms with E-state index in [4.69, 9.17) is 4.74 Å². The third kappa shape index (κ3) is 3.00. The van der Waals surface area contributed by atoms with E-state index in [0.717, 1.165) is 9.32 Å². The second-order valence-corrected chi connectivity index (χ2v) is 4.67. The number of aromatic nitrogens is 2. The van der Waals surface area contributed by atoms with Crippen molar-refractivity contribution >= 4 is 34.2 Å². The first-order valence-corrected chi connectivity index (χ1v) is 6.51. The standard InChI is InChI=1S/C12H12IN3O2/c1-2-18-9-5-3-8(4-6-9)15-12(17)11-10(13)7-14-16-11/h3-7H,2H2,1H3,(H,14,16)(H,15,17). The van der Waals surface area contributed by atoms with Gasteiger partial charge in [-0.3, -0.25) is 9.89 Å². The topological polar surface area (TPSA) is 67.0 Å². The molecule has 0 fully saturated rings. The third-order valence-electron chi connectivity index (χ3n) is 2.24. The highest BCUT2D eigenvalue weighted by Crippen LogP contribution is 2.17. The molecule has 2 aromatic rings. The first kappa shape index (κ1) is 12.9. The first-order valence-electron chi connectivity index (χ1n) is 5.43. The summed E-state index contributed by atoms with van der Waals surface area (Å²) in [6.07, 6.45) is 1.60. The van der Waals surface area contributed by atoms with Gasteiger partial charge in [0.25, 0.3) is 5.91 Å². The van der Waals surface area contributed by atoms with E-state index in [2.05, 4.69) is 38.1 Å². The smallest absolute Gasteiger partial charge is 0.274 e. The summed E-state index contributed by atoms with van der Waals surface area (Å²) in [5, 5.41) is 9.26. The van der Waals surface area contributed by atoms with E-state index in [0.29, 0.717) is 18.0 Å². The maximum Gasteiger partial charge on any atom is 0.274 e. The molecule has 1 heterocycles. The van der Waals surface area contributed by atoms with Crippen LogP contribution in [-0.4, -0.2) is 22.7 Å². The van der Waals surface area contributed by atoms with E-state index in [1.165, 1.54) is 0 Å². The van der Waals surface area contributed by atoms with Crippen LogP contribution in [0.15, 0.2) is 30.5 Å². The molecule has 0 atom stereocenters. The highest BCUT2D eigenvalue weighted by Gasteiger charge is 2.11. The van der Waals surface area contributed by atoms with Crippen LogP contribution in [0.2, 0.25) is 0 Å². The van der Waals surface area contributed by atoms with Gasteiger partial charge in [0.05, 0.1) is 16.4 Å². The minimum atomic E-state index is -0.207. The van der Waals surface area contributed by atoms with Crippen LogP contribution in [0, 0.1) is 3.57 Å². The van der Waals surface area contributed by atoms with Crippen LogP contribution >= 0.6 is 22.6 Å². The SMILES string of the molecule is CCOc1ccc(NC(=O)c2[nH]ncc2I)cc1. The molecule has 0 spiro atoms. The Bertz CT molecular complexity index is 537. The van der Waals surface area contributed by atoms with E-state index in [-0.39, 0.29) is 5.91 Å². The van der Waals surface area contributed by atoms with Gasteiger partial charge in [0.1, 0.15) is 11.4 Å². The second-order valence-electron chi connectivity index (χ2n) is 3.50. The van der Waals surface area contributed by atoms with Crippen molar-refractivity contribution in [3.05, 3.63) is 39.7 Å². The number of hydrogen-bond acceptors (Lipinski definition) is 3. The first-order chi connectivity index (χ1) is 8.70. The zero-order valence-corrected chi connectivity index (χ0v) is 11.9. The Hall–Kier alpha value is -1.57. The number of carbonyl (C=O) groups is 1. The molecule has 1 aromatic heterocycles. The van der Waals surface area contributed by atoms with Crippen LogP contribution in [0.5, 0.6) is 5.75 Å². The number of nitrogens with one attached hydrogen (secondary N) is 2. The average molecular weight is 357 g/mol. The number of amides is 1. The Kier molecular flexibility index (Phi) is 4.19.